The van der Waals surface area contributed by atoms with Crippen LogP contribution in [0.5, 0.6) is 0 Å². The molecule has 2 N–H and O–H groups in total. The Kier molecular flexibility index (Phi) is 5.25. The van der Waals surface area contributed by atoms with Crippen LogP contribution in [0, 0.1) is 0 Å². The summed E-state index contributed by atoms with van der Waals surface area (Å²) in [6.07, 6.45) is -0.380. The van der Waals surface area contributed by atoms with Gasteiger partial charge in [-0.25, -0.2) is 0 Å². The van der Waals surface area contributed by atoms with Crippen molar-refractivity contribution in [1.82, 2.24) is 10.2 Å². The summed E-state index contributed by atoms with van der Waals surface area (Å²) in [4.78, 5) is 3.16. The molecule has 15 heavy (non-hydrogen) atoms. The van der Waals surface area contributed by atoms with Crippen LogP contribution in [0.1, 0.15) is 17.9 Å². The van der Waals surface area contributed by atoms with Crippen LogP contribution in [0.4, 0.5) is 0 Å². The molecule has 0 saturated heterocycles. The minimum atomic E-state index is -0.380. The highest BCUT2D eigenvalue weighted by atomic mass is 32.1. The molecule has 0 fully saturated rings. The average Bonchev–Trinajstić information content (AvgIpc) is 2.65. The normalized spacial score (nSPS) is 15.5. The lowest BCUT2D eigenvalue weighted by atomic mass is 10.2. The van der Waals surface area contributed by atoms with Crippen LogP contribution in [0.2, 0.25) is 0 Å². The minimum absolute atomic E-state index is 0.380. The maximum Gasteiger partial charge on any atom is 0.101 e. The van der Waals surface area contributed by atoms with Gasteiger partial charge in [-0.1, -0.05) is 6.07 Å². The van der Waals surface area contributed by atoms with Crippen LogP contribution in [-0.4, -0.2) is 43.2 Å². The zero-order valence-corrected chi connectivity index (χ0v) is 10.4. The smallest absolute Gasteiger partial charge is 0.101 e. The van der Waals surface area contributed by atoms with E-state index in [9.17, 15) is 5.11 Å². The summed E-state index contributed by atoms with van der Waals surface area (Å²) in [5.41, 5.74) is 0. The summed E-state index contributed by atoms with van der Waals surface area (Å²) < 4.78 is 0. The standard InChI is InChI=1S/C11H20N2OS/c1-9(8-13(2)3)12-7-10(14)11-5-4-6-15-11/h4-6,9-10,12,14H,7-8H2,1-3H3. The predicted octanol–water partition coefficient (Wildman–Crippen LogP) is 1.32. The summed E-state index contributed by atoms with van der Waals surface area (Å²) in [6.45, 7) is 3.73. The maximum atomic E-state index is 9.83. The van der Waals surface area contributed by atoms with Gasteiger partial charge in [0.25, 0.3) is 0 Å². The molecule has 1 aromatic heterocycles. The molecule has 1 rings (SSSR count). The molecule has 0 aromatic carbocycles. The van der Waals surface area contributed by atoms with Gasteiger partial charge in [0.05, 0.1) is 0 Å². The number of nitrogens with zero attached hydrogens (tertiary/aromatic N) is 1. The summed E-state index contributed by atoms with van der Waals surface area (Å²) in [5, 5.41) is 15.1. The van der Waals surface area contributed by atoms with Gasteiger partial charge in [-0.05, 0) is 32.5 Å². The van der Waals surface area contributed by atoms with Gasteiger partial charge in [0, 0.05) is 24.0 Å². The second kappa shape index (κ2) is 6.23. The zero-order valence-electron chi connectivity index (χ0n) is 9.60. The molecule has 0 aliphatic rings. The number of aliphatic hydroxyl groups excluding tert-OH is 1. The van der Waals surface area contributed by atoms with E-state index < -0.39 is 0 Å². The third-order valence-corrected chi connectivity index (χ3v) is 3.14. The van der Waals surface area contributed by atoms with E-state index in [4.69, 9.17) is 0 Å². The molecular weight excluding hydrogens is 208 g/mol. The minimum Gasteiger partial charge on any atom is -0.386 e. The van der Waals surface area contributed by atoms with Gasteiger partial charge in [0.15, 0.2) is 0 Å². The molecule has 0 aliphatic heterocycles. The lowest BCUT2D eigenvalue weighted by molar-refractivity contribution is 0.171. The summed E-state index contributed by atoms with van der Waals surface area (Å²) in [5.74, 6) is 0. The first-order chi connectivity index (χ1) is 7.09. The van der Waals surface area contributed by atoms with Gasteiger partial charge in [0.2, 0.25) is 0 Å². The van der Waals surface area contributed by atoms with Crippen LogP contribution < -0.4 is 5.32 Å². The topological polar surface area (TPSA) is 35.5 Å². The number of likely N-dealkylation sites (N-methyl/N-ethyl adjacent to an activating group) is 1. The molecule has 0 radical (unpaired) electrons. The second-order valence-corrected chi connectivity index (χ2v) is 5.08. The van der Waals surface area contributed by atoms with Crippen LogP contribution in [0.3, 0.4) is 0 Å². The SMILES string of the molecule is CC(CN(C)C)NCC(O)c1cccs1. The first-order valence-electron chi connectivity index (χ1n) is 5.19. The molecule has 0 amide bonds. The lowest BCUT2D eigenvalue weighted by Gasteiger charge is -2.19. The first-order valence-corrected chi connectivity index (χ1v) is 6.07. The van der Waals surface area contributed by atoms with Crippen molar-refractivity contribution in [1.29, 1.82) is 0 Å². The second-order valence-electron chi connectivity index (χ2n) is 4.10. The van der Waals surface area contributed by atoms with E-state index in [0.29, 0.717) is 12.6 Å². The molecule has 1 aromatic rings. The van der Waals surface area contributed by atoms with E-state index in [1.807, 2.05) is 31.6 Å². The van der Waals surface area contributed by atoms with Crippen LogP contribution in [0.25, 0.3) is 0 Å². The number of nitrogens with one attached hydrogen (secondary N) is 1. The molecule has 0 bridgehead atoms. The van der Waals surface area contributed by atoms with Gasteiger partial charge in [0.1, 0.15) is 6.10 Å². The van der Waals surface area contributed by atoms with E-state index >= 15 is 0 Å². The fraction of sp³-hybridized carbons (Fsp3) is 0.636. The number of aliphatic hydroxyl groups is 1. The Hall–Kier alpha value is -0.420. The van der Waals surface area contributed by atoms with Crippen molar-refractivity contribution in [3.8, 4) is 0 Å². The Morgan fingerprint density at radius 1 is 1.53 bits per heavy atom. The Morgan fingerprint density at radius 3 is 2.80 bits per heavy atom. The Morgan fingerprint density at radius 2 is 2.27 bits per heavy atom. The third-order valence-electron chi connectivity index (χ3n) is 2.17. The van der Waals surface area contributed by atoms with Crippen LogP contribution >= 0.6 is 11.3 Å². The molecule has 0 saturated carbocycles. The van der Waals surface area contributed by atoms with Crippen molar-refractivity contribution in [2.75, 3.05) is 27.2 Å². The quantitative estimate of drug-likeness (QED) is 0.771. The van der Waals surface area contributed by atoms with Gasteiger partial charge in [-0.15, -0.1) is 11.3 Å². The van der Waals surface area contributed by atoms with Gasteiger partial charge < -0.3 is 15.3 Å². The van der Waals surface area contributed by atoms with Crippen LogP contribution in [0.15, 0.2) is 17.5 Å². The predicted molar refractivity (Wildman–Crippen MR) is 65.3 cm³/mol. The fourth-order valence-electron chi connectivity index (χ4n) is 1.51. The van der Waals surface area contributed by atoms with Crippen LogP contribution in [-0.2, 0) is 0 Å². The molecule has 3 nitrogen and oxygen atoms in total. The van der Waals surface area contributed by atoms with E-state index in [-0.39, 0.29) is 6.10 Å². The fourth-order valence-corrected chi connectivity index (χ4v) is 2.22. The molecule has 4 heteroatoms. The summed E-state index contributed by atoms with van der Waals surface area (Å²) in [6, 6.07) is 4.33. The maximum absolute atomic E-state index is 9.83. The number of rotatable bonds is 6. The highest BCUT2D eigenvalue weighted by Crippen LogP contribution is 2.17. The highest BCUT2D eigenvalue weighted by Gasteiger charge is 2.10. The molecule has 2 unspecified atom stereocenters. The van der Waals surface area contributed by atoms with Crippen molar-refractivity contribution >= 4 is 11.3 Å². The van der Waals surface area contributed by atoms with E-state index in [2.05, 4.69) is 17.1 Å². The van der Waals surface area contributed by atoms with Crippen molar-refractivity contribution in [2.45, 2.75) is 19.1 Å². The summed E-state index contributed by atoms with van der Waals surface area (Å²) >= 11 is 1.60. The third kappa shape index (κ3) is 4.75. The van der Waals surface area contributed by atoms with E-state index in [1.165, 1.54) is 0 Å². The lowest BCUT2D eigenvalue weighted by Crippen LogP contribution is -2.37. The number of thiophene rings is 1. The zero-order chi connectivity index (χ0) is 11.3. The monoisotopic (exact) mass is 228 g/mol. The summed E-state index contributed by atoms with van der Waals surface area (Å²) in [7, 11) is 4.10. The molecule has 86 valence electrons. The Labute approximate surface area is 95.7 Å². The molecule has 1 heterocycles. The van der Waals surface area contributed by atoms with Gasteiger partial charge in [-0.2, -0.15) is 0 Å². The number of hydrogen-bond donors (Lipinski definition) is 2. The Bertz CT molecular complexity index is 262. The van der Waals surface area contributed by atoms with Crippen molar-refractivity contribution in [3.63, 3.8) is 0 Å². The molecule has 2 atom stereocenters. The van der Waals surface area contributed by atoms with Crippen molar-refractivity contribution in [3.05, 3.63) is 22.4 Å². The molecular formula is C11H20N2OS. The van der Waals surface area contributed by atoms with E-state index in [1.54, 1.807) is 11.3 Å². The van der Waals surface area contributed by atoms with Crippen molar-refractivity contribution in [2.24, 2.45) is 0 Å². The average molecular weight is 228 g/mol. The number of hydrogen-bond acceptors (Lipinski definition) is 4. The first kappa shape index (κ1) is 12.6. The highest BCUT2D eigenvalue weighted by molar-refractivity contribution is 7.10. The molecule has 0 aliphatic carbocycles. The Balaban J connectivity index is 2.25. The van der Waals surface area contributed by atoms with E-state index in [0.717, 1.165) is 11.4 Å². The van der Waals surface area contributed by atoms with Crippen molar-refractivity contribution < 1.29 is 5.11 Å². The van der Waals surface area contributed by atoms with Gasteiger partial charge >= 0.3 is 0 Å². The van der Waals surface area contributed by atoms with Gasteiger partial charge in [-0.3, -0.25) is 0 Å². The molecule has 0 spiro atoms. The largest absolute Gasteiger partial charge is 0.386 e.